The fourth-order valence-corrected chi connectivity index (χ4v) is 1.26. The van der Waals surface area contributed by atoms with Crippen LogP contribution in [0.3, 0.4) is 0 Å². The first-order chi connectivity index (χ1) is 5.88. The first-order valence-corrected chi connectivity index (χ1v) is 4.38. The zero-order valence-corrected chi connectivity index (χ0v) is 9.98. The van der Waals surface area contributed by atoms with Crippen molar-refractivity contribution in [1.82, 2.24) is 0 Å². The molecule has 0 aromatic heterocycles. The van der Waals surface area contributed by atoms with Crippen LogP contribution in [-0.4, -0.2) is 19.6 Å². The molecule has 0 amide bonds. The average molecular weight is 237 g/mol. The molecular formula is C10H18Cl2N2. The minimum Gasteiger partial charge on any atom is -0.371 e. The van der Waals surface area contributed by atoms with Gasteiger partial charge in [0.15, 0.2) is 0 Å². The van der Waals surface area contributed by atoms with Gasteiger partial charge in [-0.1, -0.05) is 18.2 Å². The highest BCUT2D eigenvalue weighted by atomic mass is 35.5. The Morgan fingerprint density at radius 1 is 1.14 bits per heavy atom. The summed E-state index contributed by atoms with van der Waals surface area (Å²) < 4.78 is 0. The van der Waals surface area contributed by atoms with Crippen molar-refractivity contribution in [1.29, 1.82) is 0 Å². The highest BCUT2D eigenvalue weighted by Crippen LogP contribution is 2.11. The van der Waals surface area contributed by atoms with Gasteiger partial charge in [0.25, 0.3) is 0 Å². The lowest BCUT2D eigenvalue weighted by molar-refractivity contribution is 0.817. The van der Waals surface area contributed by atoms with Gasteiger partial charge in [0.05, 0.1) is 0 Å². The lowest BCUT2D eigenvalue weighted by Gasteiger charge is -2.21. The first kappa shape index (κ1) is 16.0. The lowest BCUT2D eigenvalue weighted by Crippen LogP contribution is -2.28. The fraction of sp³-hybridized carbons (Fsp3) is 0.400. The van der Waals surface area contributed by atoms with Crippen LogP contribution in [0.1, 0.15) is 6.92 Å². The summed E-state index contributed by atoms with van der Waals surface area (Å²) in [5, 5.41) is 0. The van der Waals surface area contributed by atoms with Crippen LogP contribution < -0.4 is 10.6 Å². The largest absolute Gasteiger partial charge is 0.371 e. The average Bonchev–Trinajstić information content (AvgIpc) is 2.15. The minimum atomic E-state index is 0. The number of benzene rings is 1. The van der Waals surface area contributed by atoms with Gasteiger partial charge in [0, 0.05) is 25.3 Å². The van der Waals surface area contributed by atoms with Crippen molar-refractivity contribution in [3.8, 4) is 0 Å². The monoisotopic (exact) mass is 236 g/mol. The Kier molecular flexibility index (Phi) is 10.4. The Balaban J connectivity index is 0. The number of halogens is 2. The van der Waals surface area contributed by atoms with E-state index >= 15 is 0 Å². The van der Waals surface area contributed by atoms with E-state index in [0.717, 1.165) is 13.1 Å². The second kappa shape index (κ2) is 9.13. The van der Waals surface area contributed by atoms with Crippen molar-refractivity contribution < 1.29 is 0 Å². The van der Waals surface area contributed by atoms with Crippen molar-refractivity contribution >= 4 is 30.5 Å². The molecule has 0 aliphatic carbocycles. The third-order valence-electron chi connectivity index (χ3n) is 1.90. The molecule has 82 valence electrons. The maximum absolute atomic E-state index is 5.50. The molecule has 2 nitrogen and oxygen atoms in total. The van der Waals surface area contributed by atoms with Crippen molar-refractivity contribution in [3.05, 3.63) is 30.3 Å². The third kappa shape index (κ3) is 4.70. The molecule has 0 atom stereocenters. The van der Waals surface area contributed by atoms with Crippen LogP contribution in [0.25, 0.3) is 0 Å². The van der Waals surface area contributed by atoms with E-state index in [2.05, 4.69) is 36.1 Å². The number of rotatable bonds is 4. The molecule has 1 rings (SSSR count). The van der Waals surface area contributed by atoms with Crippen LogP contribution in [0, 0.1) is 0 Å². The molecule has 0 spiro atoms. The van der Waals surface area contributed by atoms with Crippen molar-refractivity contribution in [2.75, 3.05) is 24.5 Å². The Morgan fingerprint density at radius 2 is 1.71 bits per heavy atom. The van der Waals surface area contributed by atoms with Crippen LogP contribution in [0.4, 0.5) is 5.69 Å². The number of anilines is 1. The van der Waals surface area contributed by atoms with Gasteiger partial charge < -0.3 is 10.6 Å². The standard InChI is InChI=1S/C10H16N2.2ClH/c1-2-12(9-8-11)10-6-4-3-5-7-10;;/h3-7H,2,8-9,11H2,1H3;2*1H. The normalized spacial score (nSPS) is 8.43. The summed E-state index contributed by atoms with van der Waals surface area (Å²) in [4.78, 5) is 2.26. The molecule has 1 aromatic carbocycles. The molecular weight excluding hydrogens is 219 g/mol. The van der Waals surface area contributed by atoms with E-state index in [9.17, 15) is 0 Å². The molecule has 0 aliphatic rings. The molecule has 0 unspecified atom stereocenters. The molecule has 0 saturated heterocycles. The van der Waals surface area contributed by atoms with Crippen LogP contribution in [0.15, 0.2) is 30.3 Å². The minimum absolute atomic E-state index is 0. The summed E-state index contributed by atoms with van der Waals surface area (Å²) in [7, 11) is 0. The summed E-state index contributed by atoms with van der Waals surface area (Å²) in [6.07, 6.45) is 0. The highest BCUT2D eigenvalue weighted by Gasteiger charge is 1.99. The number of hydrogen-bond donors (Lipinski definition) is 1. The maximum atomic E-state index is 5.50. The van der Waals surface area contributed by atoms with Crippen LogP contribution in [-0.2, 0) is 0 Å². The van der Waals surface area contributed by atoms with Crippen molar-refractivity contribution in [2.24, 2.45) is 5.73 Å². The number of nitrogens with zero attached hydrogens (tertiary/aromatic N) is 1. The van der Waals surface area contributed by atoms with E-state index in [1.807, 2.05) is 6.07 Å². The summed E-state index contributed by atoms with van der Waals surface area (Å²) in [5.41, 5.74) is 6.76. The van der Waals surface area contributed by atoms with Gasteiger partial charge in [-0.05, 0) is 19.1 Å². The quantitative estimate of drug-likeness (QED) is 0.870. The second-order valence-corrected chi connectivity index (χ2v) is 2.70. The number of likely N-dealkylation sites (N-methyl/N-ethyl adjacent to an activating group) is 1. The zero-order chi connectivity index (χ0) is 8.81. The number of nitrogens with two attached hydrogens (primary N) is 1. The lowest BCUT2D eigenvalue weighted by atomic mass is 10.3. The predicted molar refractivity (Wildman–Crippen MR) is 67.9 cm³/mol. The smallest absolute Gasteiger partial charge is 0.0366 e. The maximum Gasteiger partial charge on any atom is 0.0366 e. The second-order valence-electron chi connectivity index (χ2n) is 2.70. The van der Waals surface area contributed by atoms with Gasteiger partial charge in [-0.25, -0.2) is 0 Å². The van der Waals surface area contributed by atoms with Gasteiger partial charge in [-0.3, -0.25) is 0 Å². The van der Waals surface area contributed by atoms with Gasteiger partial charge >= 0.3 is 0 Å². The van der Waals surface area contributed by atoms with E-state index in [0.29, 0.717) is 6.54 Å². The van der Waals surface area contributed by atoms with Crippen LogP contribution in [0.2, 0.25) is 0 Å². The van der Waals surface area contributed by atoms with Gasteiger partial charge in [0.2, 0.25) is 0 Å². The molecule has 0 bridgehead atoms. The van der Waals surface area contributed by atoms with E-state index in [4.69, 9.17) is 5.73 Å². The van der Waals surface area contributed by atoms with Gasteiger partial charge in [-0.2, -0.15) is 0 Å². The summed E-state index contributed by atoms with van der Waals surface area (Å²) in [6, 6.07) is 10.3. The number of hydrogen-bond acceptors (Lipinski definition) is 2. The summed E-state index contributed by atoms with van der Waals surface area (Å²) in [6.45, 7) is 4.80. The number of para-hydroxylation sites is 1. The van der Waals surface area contributed by atoms with Crippen LogP contribution in [0.5, 0.6) is 0 Å². The third-order valence-corrected chi connectivity index (χ3v) is 1.90. The van der Waals surface area contributed by atoms with Crippen molar-refractivity contribution in [2.45, 2.75) is 6.92 Å². The molecule has 0 aliphatic heterocycles. The molecule has 2 N–H and O–H groups in total. The molecule has 14 heavy (non-hydrogen) atoms. The van der Waals surface area contributed by atoms with E-state index in [1.54, 1.807) is 0 Å². The Morgan fingerprint density at radius 3 is 2.14 bits per heavy atom. The van der Waals surface area contributed by atoms with E-state index in [-0.39, 0.29) is 24.8 Å². The van der Waals surface area contributed by atoms with Gasteiger partial charge in [0.1, 0.15) is 0 Å². The molecule has 0 saturated carbocycles. The SMILES string of the molecule is CCN(CCN)c1ccccc1.Cl.Cl. The summed E-state index contributed by atoms with van der Waals surface area (Å²) in [5.74, 6) is 0. The van der Waals surface area contributed by atoms with E-state index in [1.165, 1.54) is 5.69 Å². The van der Waals surface area contributed by atoms with E-state index < -0.39 is 0 Å². The Bertz CT molecular complexity index is 217. The fourth-order valence-electron chi connectivity index (χ4n) is 1.26. The zero-order valence-electron chi connectivity index (χ0n) is 8.35. The molecule has 1 aromatic rings. The molecule has 0 radical (unpaired) electrons. The molecule has 4 heteroatoms. The topological polar surface area (TPSA) is 29.3 Å². The summed E-state index contributed by atoms with van der Waals surface area (Å²) >= 11 is 0. The van der Waals surface area contributed by atoms with Crippen LogP contribution >= 0.6 is 24.8 Å². The predicted octanol–water partition coefficient (Wildman–Crippen LogP) is 2.32. The molecule has 0 heterocycles. The highest BCUT2D eigenvalue weighted by molar-refractivity contribution is 5.85. The van der Waals surface area contributed by atoms with Gasteiger partial charge in [-0.15, -0.1) is 24.8 Å². The Hall–Kier alpha value is -0.440. The molecule has 0 fully saturated rings. The Labute approximate surface area is 98.3 Å². The first-order valence-electron chi connectivity index (χ1n) is 4.38. The van der Waals surface area contributed by atoms with Crippen molar-refractivity contribution in [3.63, 3.8) is 0 Å².